The molecule has 1 aromatic heterocycles. The number of phenolic OH excluding ortho intramolecular Hbond substituents is 3. The number of rotatable bonds is 12. The molecule has 2 rings (SSSR count). The molecule has 6 nitrogen and oxygen atoms in total. The van der Waals surface area contributed by atoms with Crippen molar-refractivity contribution in [3.05, 3.63) is 17.9 Å². The smallest absolute Gasteiger partial charge is 0.205 e. The molecule has 0 fully saturated rings. The van der Waals surface area contributed by atoms with Crippen molar-refractivity contribution in [2.45, 2.75) is 77.6 Å². The molecule has 0 unspecified atom stereocenters. The molecule has 0 radical (unpaired) electrons. The van der Waals surface area contributed by atoms with Crippen LogP contribution in [0.15, 0.2) is 16.5 Å². The Balaban J connectivity index is 1.82. The summed E-state index contributed by atoms with van der Waals surface area (Å²) in [5, 5.41) is 48.9. The third-order valence-corrected chi connectivity index (χ3v) is 5.02. The molecule has 1 aromatic carbocycles. The molecule has 0 aliphatic heterocycles. The van der Waals surface area contributed by atoms with Crippen molar-refractivity contribution in [2.75, 3.05) is 0 Å². The fraction of sp³-hybridized carbons (Fsp3) is 0.545. The monoisotopic (exact) mass is 392 g/mol. The predicted molar refractivity (Wildman–Crippen MR) is 108 cm³/mol. The minimum atomic E-state index is -0.649. The van der Waals surface area contributed by atoms with Gasteiger partial charge >= 0.3 is 0 Å². The Kier molecular flexibility index (Phi) is 8.36. The lowest BCUT2D eigenvalue weighted by molar-refractivity contribution is 0.368. The number of hydrogen-bond acceptors (Lipinski definition) is 6. The summed E-state index contributed by atoms with van der Waals surface area (Å²) in [7, 11) is 0. The topological polar surface area (TPSA) is 114 Å². The summed E-state index contributed by atoms with van der Waals surface area (Å²) >= 11 is 0. The Morgan fingerprint density at radius 2 is 1.14 bits per heavy atom. The Morgan fingerprint density at radius 1 is 0.643 bits per heavy atom. The van der Waals surface area contributed by atoms with Gasteiger partial charge in [0.25, 0.3) is 0 Å². The Labute approximate surface area is 166 Å². The van der Waals surface area contributed by atoms with Gasteiger partial charge in [0.05, 0.1) is 0 Å². The highest BCUT2D eigenvalue weighted by molar-refractivity contribution is 5.73. The van der Waals surface area contributed by atoms with Gasteiger partial charge in [-0.05, 0) is 18.6 Å². The highest BCUT2D eigenvalue weighted by atomic mass is 16.4. The van der Waals surface area contributed by atoms with E-state index in [0.29, 0.717) is 6.42 Å². The van der Waals surface area contributed by atoms with Crippen LogP contribution in [0.3, 0.4) is 0 Å². The van der Waals surface area contributed by atoms with E-state index in [1.165, 1.54) is 44.9 Å². The number of aryl methyl sites for hydroxylation is 1. The molecule has 0 saturated heterocycles. The van der Waals surface area contributed by atoms with Gasteiger partial charge in [-0.1, -0.05) is 64.7 Å². The highest BCUT2D eigenvalue weighted by Crippen LogP contribution is 2.46. The molecule has 0 bridgehead atoms. The van der Waals surface area contributed by atoms with E-state index in [-0.39, 0.29) is 22.8 Å². The highest BCUT2D eigenvalue weighted by Gasteiger charge is 2.22. The predicted octanol–water partition coefficient (Wildman–Crippen LogP) is 5.94. The standard InChI is InChI=1S/C22H32O6/c1-2-3-4-5-6-7-8-9-10-11-12-18-20(26)21(27)22(28-18)15-13-16(23)19(25)17(24)14-15/h13-14,23-27H,2-12H2,1H3. The molecular weight excluding hydrogens is 360 g/mol. The van der Waals surface area contributed by atoms with Crippen LogP contribution < -0.4 is 0 Å². The van der Waals surface area contributed by atoms with Gasteiger partial charge in [0.15, 0.2) is 23.0 Å². The summed E-state index contributed by atoms with van der Waals surface area (Å²) in [6, 6.07) is 2.30. The van der Waals surface area contributed by atoms with Crippen molar-refractivity contribution in [3.63, 3.8) is 0 Å². The lowest BCUT2D eigenvalue weighted by atomic mass is 10.1. The van der Waals surface area contributed by atoms with E-state index in [1.54, 1.807) is 0 Å². The van der Waals surface area contributed by atoms with Crippen LogP contribution in [0.1, 0.15) is 76.9 Å². The number of aromatic hydroxyl groups is 5. The molecule has 2 aromatic rings. The Bertz CT molecular complexity index is 727. The van der Waals surface area contributed by atoms with Crippen molar-refractivity contribution < 1.29 is 29.9 Å². The normalized spacial score (nSPS) is 11.2. The maximum Gasteiger partial charge on any atom is 0.205 e. The van der Waals surface area contributed by atoms with Gasteiger partial charge in [-0.25, -0.2) is 0 Å². The summed E-state index contributed by atoms with van der Waals surface area (Å²) in [5.74, 6) is -2.26. The zero-order chi connectivity index (χ0) is 20.5. The fourth-order valence-corrected chi connectivity index (χ4v) is 3.33. The Morgan fingerprint density at radius 3 is 1.68 bits per heavy atom. The Hall–Kier alpha value is -2.50. The van der Waals surface area contributed by atoms with E-state index in [4.69, 9.17) is 4.42 Å². The number of unbranched alkanes of at least 4 members (excludes halogenated alkanes) is 9. The van der Waals surface area contributed by atoms with Crippen LogP contribution >= 0.6 is 0 Å². The first kappa shape index (κ1) is 21.8. The van der Waals surface area contributed by atoms with E-state index < -0.39 is 23.0 Å². The van der Waals surface area contributed by atoms with Crippen LogP contribution in [0.4, 0.5) is 0 Å². The second kappa shape index (κ2) is 10.7. The minimum Gasteiger partial charge on any atom is -0.504 e. The van der Waals surface area contributed by atoms with Gasteiger partial charge in [-0.3, -0.25) is 0 Å². The number of phenols is 3. The molecule has 5 N–H and O–H groups in total. The summed E-state index contributed by atoms with van der Waals surface area (Å²) < 4.78 is 5.56. The van der Waals surface area contributed by atoms with Gasteiger partial charge in [-0.15, -0.1) is 0 Å². The van der Waals surface area contributed by atoms with E-state index in [1.807, 2.05) is 0 Å². The first-order chi connectivity index (χ1) is 13.5. The zero-order valence-corrected chi connectivity index (χ0v) is 16.6. The molecule has 0 saturated carbocycles. The first-order valence-electron chi connectivity index (χ1n) is 10.2. The molecule has 0 aliphatic rings. The third kappa shape index (κ3) is 5.75. The molecule has 1 heterocycles. The minimum absolute atomic E-state index is 0.0508. The molecule has 6 heteroatoms. The fourth-order valence-electron chi connectivity index (χ4n) is 3.33. The maximum absolute atomic E-state index is 10.1. The lowest BCUT2D eigenvalue weighted by Gasteiger charge is -2.04. The van der Waals surface area contributed by atoms with E-state index in [0.717, 1.165) is 31.4 Å². The quantitative estimate of drug-likeness (QED) is 0.226. The maximum atomic E-state index is 10.1. The van der Waals surface area contributed by atoms with Crippen molar-refractivity contribution in [2.24, 2.45) is 0 Å². The van der Waals surface area contributed by atoms with Crippen molar-refractivity contribution in [3.8, 4) is 40.1 Å². The average molecular weight is 392 g/mol. The summed E-state index contributed by atoms with van der Waals surface area (Å²) in [5.41, 5.74) is 0.162. The largest absolute Gasteiger partial charge is 0.504 e. The summed E-state index contributed by atoms with van der Waals surface area (Å²) in [6.07, 6.45) is 12.5. The van der Waals surface area contributed by atoms with Gasteiger partial charge in [0, 0.05) is 12.0 Å². The second-order valence-corrected chi connectivity index (χ2v) is 7.35. The van der Waals surface area contributed by atoms with Crippen LogP contribution in [-0.4, -0.2) is 25.5 Å². The van der Waals surface area contributed by atoms with Gasteiger partial charge in [0.1, 0.15) is 5.76 Å². The average Bonchev–Trinajstić information content (AvgIpc) is 2.95. The van der Waals surface area contributed by atoms with Crippen molar-refractivity contribution in [1.82, 2.24) is 0 Å². The van der Waals surface area contributed by atoms with Gasteiger partial charge in [-0.2, -0.15) is 0 Å². The summed E-state index contributed by atoms with van der Waals surface area (Å²) in [6.45, 7) is 2.22. The van der Waals surface area contributed by atoms with Gasteiger partial charge < -0.3 is 29.9 Å². The van der Waals surface area contributed by atoms with Crippen molar-refractivity contribution in [1.29, 1.82) is 0 Å². The molecule has 28 heavy (non-hydrogen) atoms. The third-order valence-electron chi connectivity index (χ3n) is 5.02. The SMILES string of the molecule is CCCCCCCCCCCCc1oc(-c2cc(O)c(O)c(O)c2)c(O)c1O. The van der Waals surface area contributed by atoms with Crippen LogP contribution in [0.25, 0.3) is 11.3 Å². The number of furan rings is 1. The van der Waals surface area contributed by atoms with E-state index in [9.17, 15) is 25.5 Å². The van der Waals surface area contributed by atoms with E-state index in [2.05, 4.69) is 6.92 Å². The van der Waals surface area contributed by atoms with Crippen molar-refractivity contribution >= 4 is 0 Å². The number of hydrogen-bond donors (Lipinski definition) is 5. The lowest BCUT2D eigenvalue weighted by Crippen LogP contribution is -1.85. The number of benzene rings is 1. The molecular formula is C22H32O6. The second-order valence-electron chi connectivity index (χ2n) is 7.35. The first-order valence-corrected chi connectivity index (χ1v) is 10.2. The summed E-state index contributed by atoms with van der Waals surface area (Å²) in [4.78, 5) is 0. The van der Waals surface area contributed by atoms with Crippen LogP contribution in [0.2, 0.25) is 0 Å². The molecule has 0 amide bonds. The van der Waals surface area contributed by atoms with E-state index >= 15 is 0 Å². The van der Waals surface area contributed by atoms with Crippen LogP contribution in [0.5, 0.6) is 28.7 Å². The van der Waals surface area contributed by atoms with Crippen LogP contribution in [-0.2, 0) is 6.42 Å². The van der Waals surface area contributed by atoms with Gasteiger partial charge in [0.2, 0.25) is 11.5 Å². The molecule has 0 aliphatic carbocycles. The molecule has 156 valence electrons. The molecule has 0 atom stereocenters. The van der Waals surface area contributed by atoms with Crippen LogP contribution in [0, 0.1) is 0 Å². The molecule has 0 spiro atoms. The zero-order valence-electron chi connectivity index (χ0n) is 16.6.